The Labute approximate surface area is 66.7 Å². The van der Waals surface area contributed by atoms with E-state index >= 15 is 0 Å². The summed E-state index contributed by atoms with van der Waals surface area (Å²) in [6.07, 6.45) is 5.36. The van der Waals surface area contributed by atoms with Crippen molar-refractivity contribution in [1.82, 2.24) is 0 Å². The standard InChI is InChI=1S/C6H5BrNO2/c7-5-1-3-6(4-2-5)8(9)10/h1,3-4H,2H2. The quantitative estimate of drug-likeness (QED) is 0.483. The first-order valence-electron chi connectivity index (χ1n) is 2.74. The molecule has 1 radical (unpaired) electrons. The molecule has 0 amide bonds. The van der Waals surface area contributed by atoms with Crippen LogP contribution in [0, 0.1) is 16.5 Å². The highest BCUT2D eigenvalue weighted by Crippen LogP contribution is 2.21. The molecule has 10 heavy (non-hydrogen) atoms. The van der Waals surface area contributed by atoms with Crippen molar-refractivity contribution in [1.29, 1.82) is 0 Å². The zero-order chi connectivity index (χ0) is 7.56. The lowest BCUT2D eigenvalue weighted by Gasteiger charge is -2.01. The summed E-state index contributed by atoms with van der Waals surface area (Å²) in [6, 6.07) is 0. The Morgan fingerprint density at radius 1 is 1.60 bits per heavy atom. The van der Waals surface area contributed by atoms with Gasteiger partial charge in [0.15, 0.2) is 0 Å². The minimum atomic E-state index is -0.393. The second kappa shape index (κ2) is 2.96. The Kier molecular flexibility index (Phi) is 2.21. The van der Waals surface area contributed by atoms with Gasteiger partial charge in [0, 0.05) is 6.08 Å². The van der Waals surface area contributed by atoms with E-state index in [1.165, 1.54) is 6.08 Å². The van der Waals surface area contributed by atoms with Gasteiger partial charge < -0.3 is 0 Å². The van der Waals surface area contributed by atoms with Crippen LogP contribution in [0.25, 0.3) is 0 Å². The molecule has 0 aromatic carbocycles. The maximum atomic E-state index is 10.1. The first-order chi connectivity index (χ1) is 4.70. The maximum absolute atomic E-state index is 10.1. The van der Waals surface area contributed by atoms with Gasteiger partial charge in [0.05, 0.1) is 11.3 Å². The zero-order valence-electron chi connectivity index (χ0n) is 5.08. The van der Waals surface area contributed by atoms with Crippen LogP contribution < -0.4 is 0 Å². The molecule has 3 nitrogen and oxygen atoms in total. The topological polar surface area (TPSA) is 43.1 Å². The zero-order valence-corrected chi connectivity index (χ0v) is 6.67. The number of hydrogen-bond donors (Lipinski definition) is 0. The van der Waals surface area contributed by atoms with E-state index in [2.05, 4.69) is 15.9 Å². The molecule has 1 aliphatic carbocycles. The minimum absolute atomic E-state index is 0.170. The summed E-state index contributed by atoms with van der Waals surface area (Å²) >= 11 is 3.23. The van der Waals surface area contributed by atoms with Gasteiger partial charge in [0.1, 0.15) is 0 Å². The van der Waals surface area contributed by atoms with Gasteiger partial charge in [-0.15, -0.1) is 0 Å². The molecule has 0 aliphatic heterocycles. The van der Waals surface area contributed by atoms with Gasteiger partial charge in [-0.05, 0) is 17.0 Å². The third kappa shape index (κ3) is 1.67. The van der Waals surface area contributed by atoms with Crippen molar-refractivity contribution in [3.05, 3.63) is 38.9 Å². The van der Waals surface area contributed by atoms with E-state index < -0.39 is 4.92 Å². The Bertz CT molecular complexity index is 220. The Morgan fingerprint density at radius 2 is 2.30 bits per heavy atom. The molecule has 0 aromatic rings. The van der Waals surface area contributed by atoms with Crippen LogP contribution in [-0.4, -0.2) is 4.92 Å². The van der Waals surface area contributed by atoms with Crippen molar-refractivity contribution >= 4 is 15.9 Å². The van der Waals surface area contributed by atoms with Crippen molar-refractivity contribution in [2.24, 2.45) is 0 Å². The van der Waals surface area contributed by atoms with E-state index in [0.717, 1.165) is 4.48 Å². The number of allylic oxidation sites excluding steroid dienone is 4. The van der Waals surface area contributed by atoms with Crippen LogP contribution in [-0.2, 0) is 0 Å². The first-order valence-corrected chi connectivity index (χ1v) is 3.53. The lowest BCUT2D eigenvalue weighted by molar-refractivity contribution is -0.421. The molecule has 1 aliphatic rings. The van der Waals surface area contributed by atoms with Gasteiger partial charge in [-0.1, -0.05) is 15.9 Å². The van der Waals surface area contributed by atoms with E-state index in [0.29, 0.717) is 6.42 Å². The molecule has 0 spiro atoms. The van der Waals surface area contributed by atoms with E-state index in [9.17, 15) is 10.1 Å². The monoisotopic (exact) mass is 202 g/mol. The molecule has 0 saturated carbocycles. The number of rotatable bonds is 1. The number of nitrogens with zero attached hydrogens (tertiary/aromatic N) is 1. The fourth-order valence-corrected chi connectivity index (χ4v) is 0.943. The number of nitro groups is 1. The van der Waals surface area contributed by atoms with Gasteiger partial charge in [-0.2, -0.15) is 0 Å². The van der Waals surface area contributed by atoms with Gasteiger partial charge >= 0.3 is 0 Å². The molecular weight excluding hydrogens is 198 g/mol. The first kappa shape index (κ1) is 7.47. The van der Waals surface area contributed by atoms with Gasteiger partial charge in [0.25, 0.3) is 5.70 Å². The summed E-state index contributed by atoms with van der Waals surface area (Å²) in [5.41, 5.74) is 0.170. The van der Waals surface area contributed by atoms with E-state index in [-0.39, 0.29) is 5.70 Å². The predicted octanol–water partition coefficient (Wildman–Crippen LogP) is 2.03. The van der Waals surface area contributed by atoms with Crippen LogP contribution in [0.2, 0.25) is 0 Å². The summed E-state index contributed by atoms with van der Waals surface area (Å²) in [6.45, 7) is 0. The predicted molar refractivity (Wildman–Crippen MR) is 41.0 cm³/mol. The van der Waals surface area contributed by atoms with Crippen LogP contribution in [0.3, 0.4) is 0 Å². The highest BCUT2D eigenvalue weighted by Gasteiger charge is 2.13. The molecule has 0 N–H and O–H groups in total. The van der Waals surface area contributed by atoms with Crippen LogP contribution in [0.4, 0.5) is 0 Å². The lowest BCUT2D eigenvalue weighted by atomic mass is 10.1. The molecule has 0 unspecified atom stereocenters. The molecule has 4 heteroatoms. The highest BCUT2D eigenvalue weighted by molar-refractivity contribution is 9.11. The second-order valence-electron chi connectivity index (χ2n) is 1.87. The largest absolute Gasteiger partial charge is 0.259 e. The fraction of sp³-hybridized carbons (Fsp3) is 0.167. The van der Waals surface area contributed by atoms with Crippen LogP contribution >= 0.6 is 15.9 Å². The van der Waals surface area contributed by atoms with Gasteiger partial charge in [-0.3, -0.25) is 10.1 Å². The smallest absolute Gasteiger partial charge is 0.250 e. The van der Waals surface area contributed by atoms with E-state index in [1.54, 1.807) is 12.5 Å². The maximum Gasteiger partial charge on any atom is 0.250 e. The summed E-state index contributed by atoms with van der Waals surface area (Å²) in [5, 5.41) is 10.1. The van der Waals surface area contributed by atoms with Crippen molar-refractivity contribution in [3.8, 4) is 0 Å². The average Bonchev–Trinajstić information content (AvgIpc) is 1.88. The molecule has 0 fully saturated rings. The molecule has 53 valence electrons. The fourth-order valence-electron chi connectivity index (χ4n) is 0.649. The van der Waals surface area contributed by atoms with Crippen molar-refractivity contribution < 1.29 is 4.92 Å². The SMILES string of the molecule is O=[N+]([O-])C1=CC=C(Br)C[CH]1. The summed E-state index contributed by atoms with van der Waals surface area (Å²) in [7, 11) is 0. The van der Waals surface area contributed by atoms with Crippen LogP contribution in [0.5, 0.6) is 0 Å². The molecule has 0 atom stereocenters. The van der Waals surface area contributed by atoms with Gasteiger partial charge in [0.2, 0.25) is 0 Å². The third-order valence-electron chi connectivity index (χ3n) is 1.15. The summed E-state index contributed by atoms with van der Waals surface area (Å²) in [4.78, 5) is 9.73. The number of halogens is 1. The van der Waals surface area contributed by atoms with Gasteiger partial charge in [-0.25, -0.2) is 0 Å². The third-order valence-corrected chi connectivity index (χ3v) is 1.74. The lowest BCUT2D eigenvalue weighted by Crippen LogP contribution is -2.01. The average molecular weight is 203 g/mol. The van der Waals surface area contributed by atoms with Crippen LogP contribution in [0.15, 0.2) is 22.3 Å². The van der Waals surface area contributed by atoms with Crippen molar-refractivity contribution in [3.63, 3.8) is 0 Å². The summed E-state index contributed by atoms with van der Waals surface area (Å²) < 4.78 is 0.970. The van der Waals surface area contributed by atoms with Crippen molar-refractivity contribution in [2.45, 2.75) is 6.42 Å². The minimum Gasteiger partial charge on any atom is -0.259 e. The second-order valence-corrected chi connectivity index (χ2v) is 2.89. The number of hydrogen-bond acceptors (Lipinski definition) is 2. The molecular formula is C6H5BrNO2. The van der Waals surface area contributed by atoms with E-state index in [4.69, 9.17) is 0 Å². The molecule has 0 heterocycles. The van der Waals surface area contributed by atoms with Crippen molar-refractivity contribution in [2.75, 3.05) is 0 Å². The van der Waals surface area contributed by atoms with E-state index in [1.807, 2.05) is 0 Å². The Balaban J connectivity index is 2.74. The summed E-state index contributed by atoms with van der Waals surface area (Å²) in [5.74, 6) is 0. The molecule has 0 aromatic heterocycles. The Hall–Kier alpha value is -0.640. The highest BCUT2D eigenvalue weighted by atomic mass is 79.9. The van der Waals surface area contributed by atoms with Crippen LogP contribution in [0.1, 0.15) is 6.42 Å². The Morgan fingerprint density at radius 3 is 2.70 bits per heavy atom. The molecule has 1 rings (SSSR count). The molecule has 0 saturated heterocycles. The normalized spacial score (nSPS) is 17.7. The molecule has 0 bridgehead atoms.